The molecule has 5 nitrogen and oxygen atoms in total. The zero-order valence-electron chi connectivity index (χ0n) is 15.2. The Kier molecular flexibility index (Phi) is 5.71. The highest BCUT2D eigenvalue weighted by Crippen LogP contribution is 2.22. The van der Waals surface area contributed by atoms with Gasteiger partial charge in [-0.2, -0.15) is 5.10 Å². The monoisotopic (exact) mass is 346 g/mol. The van der Waals surface area contributed by atoms with E-state index in [1.54, 1.807) is 6.07 Å². The van der Waals surface area contributed by atoms with Gasteiger partial charge in [-0.1, -0.05) is 6.07 Å². The van der Waals surface area contributed by atoms with Crippen LogP contribution in [0.4, 0.5) is 10.1 Å². The average Bonchev–Trinajstić information content (AvgIpc) is 3.06. The molecule has 0 saturated carbocycles. The fourth-order valence-corrected chi connectivity index (χ4v) is 3.06. The molecule has 2 heterocycles. The summed E-state index contributed by atoms with van der Waals surface area (Å²) in [7, 11) is 0. The number of hydrogen-bond donors (Lipinski definition) is 1. The number of aromatic nitrogens is 2. The number of ether oxygens (including phenoxy) is 1. The lowest BCUT2D eigenvalue weighted by Crippen LogP contribution is -2.36. The smallest absolute Gasteiger partial charge is 0.146 e. The normalized spacial score (nSPS) is 17.5. The predicted molar refractivity (Wildman–Crippen MR) is 97.4 cm³/mol. The number of aryl methyl sites for hydroxylation is 1. The van der Waals surface area contributed by atoms with E-state index in [0.29, 0.717) is 25.4 Å². The van der Waals surface area contributed by atoms with E-state index in [0.717, 1.165) is 24.2 Å². The summed E-state index contributed by atoms with van der Waals surface area (Å²) in [5.41, 5.74) is 2.77. The van der Waals surface area contributed by atoms with Gasteiger partial charge in [-0.15, -0.1) is 0 Å². The van der Waals surface area contributed by atoms with Gasteiger partial charge in [-0.3, -0.25) is 4.68 Å². The average molecular weight is 346 g/mol. The lowest BCUT2D eigenvalue weighted by atomic mass is 10.1. The minimum absolute atomic E-state index is 0.162. The second-order valence-corrected chi connectivity index (χ2v) is 6.79. The molecule has 2 aromatic rings. The molecule has 1 aromatic heterocycles. The molecule has 0 amide bonds. The van der Waals surface area contributed by atoms with Crippen LogP contribution in [0.3, 0.4) is 0 Å². The van der Waals surface area contributed by atoms with Gasteiger partial charge < -0.3 is 15.0 Å². The Bertz CT molecular complexity index is 696. The molecule has 2 unspecified atom stereocenters. The van der Waals surface area contributed by atoms with E-state index in [4.69, 9.17) is 4.74 Å². The quantitative estimate of drug-likeness (QED) is 0.873. The van der Waals surface area contributed by atoms with Crippen LogP contribution >= 0.6 is 0 Å². The SMILES string of the molecule is Cc1cnn(C(C)C(C)NCc2ccc(N3CCOCC3)c(F)c2)c1. The largest absolute Gasteiger partial charge is 0.378 e. The van der Waals surface area contributed by atoms with Crippen molar-refractivity contribution < 1.29 is 9.13 Å². The minimum Gasteiger partial charge on any atom is -0.378 e. The highest BCUT2D eigenvalue weighted by atomic mass is 19.1. The van der Waals surface area contributed by atoms with Crippen LogP contribution in [0.5, 0.6) is 0 Å². The van der Waals surface area contributed by atoms with Crippen LogP contribution in [0.1, 0.15) is 31.0 Å². The number of rotatable bonds is 6. The number of benzene rings is 1. The maximum Gasteiger partial charge on any atom is 0.146 e. The maximum atomic E-state index is 14.5. The van der Waals surface area contributed by atoms with Crippen molar-refractivity contribution in [3.05, 3.63) is 47.5 Å². The molecule has 1 fully saturated rings. The summed E-state index contributed by atoms with van der Waals surface area (Å²) in [5.74, 6) is -0.162. The van der Waals surface area contributed by atoms with E-state index in [-0.39, 0.29) is 17.9 Å². The number of anilines is 1. The molecule has 1 aromatic carbocycles. The van der Waals surface area contributed by atoms with Gasteiger partial charge in [-0.25, -0.2) is 4.39 Å². The summed E-state index contributed by atoms with van der Waals surface area (Å²) < 4.78 is 21.8. The van der Waals surface area contributed by atoms with E-state index in [1.165, 1.54) is 0 Å². The van der Waals surface area contributed by atoms with Crippen molar-refractivity contribution in [1.82, 2.24) is 15.1 Å². The lowest BCUT2D eigenvalue weighted by molar-refractivity contribution is 0.122. The van der Waals surface area contributed by atoms with Gasteiger partial charge in [0.25, 0.3) is 0 Å². The molecule has 0 radical (unpaired) electrons. The zero-order chi connectivity index (χ0) is 17.8. The Hall–Kier alpha value is -1.92. The van der Waals surface area contributed by atoms with Crippen LogP contribution in [-0.4, -0.2) is 42.1 Å². The minimum atomic E-state index is -0.162. The van der Waals surface area contributed by atoms with Crippen LogP contribution in [-0.2, 0) is 11.3 Å². The van der Waals surface area contributed by atoms with Crippen molar-refractivity contribution in [2.45, 2.75) is 39.4 Å². The van der Waals surface area contributed by atoms with Gasteiger partial charge in [0.2, 0.25) is 0 Å². The van der Waals surface area contributed by atoms with E-state index in [9.17, 15) is 4.39 Å². The molecule has 2 atom stereocenters. The van der Waals surface area contributed by atoms with Gasteiger partial charge in [0.15, 0.2) is 0 Å². The third-order valence-corrected chi connectivity index (χ3v) is 4.86. The van der Waals surface area contributed by atoms with Gasteiger partial charge in [-0.05, 0) is 44.0 Å². The Balaban J connectivity index is 1.58. The molecule has 6 heteroatoms. The third kappa shape index (κ3) is 4.38. The van der Waals surface area contributed by atoms with Crippen LogP contribution in [0.15, 0.2) is 30.6 Å². The molecular weight excluding hydrogens is 319 g/mol. The number of hydrogen-bond acceptors (Lipinski definition) is 4. The fourth-order valence-electron chi connectivity index (χ4n) is 3.06. The van der Waals surface area contributed by atoms with Crippen molar-refractivity contribution >= 4 is 5.69 Å². The van der Waals surface area contributed by atoms with E-state index < -0.39 is 0 Å². The molecule has 0 spiro atoms. The van der Waals surface area contributed by atoms with E-state index >= 15 is 0 Å². The molecule has 25 heavy (non-hydrogen) atoms. The summed E-state index contributed by atoms with van der Waals surface area (Å²) in [6, 6.07) is 5.96. The van der Waals surface area contributed by atoms with Crippen LogP contribution in [0.2, 0.25) is 0 Å². The van der Waals surface area contributed by atoms with Crippen LogP contribution in [0, 0.1) is 12.7 Å². The van der Waals surface area contributed by atoms with Crippen molar-refractivity contribution in [2.75, 3.05) is 31.2 Å². The first-order valence-corrected chi connectivity index (χ1v) is 8.90. The van der Waals surface area contributed by atoms with Gasteiger partial charge >= 0.3 is 0 Å². The molecule has 136 valence electrons. The summed E-state index contributed by atoms with van der Waals surface area (Å²) in [4.78, 5) is 2.04. The summed E-state index contributed by atoms with van der Waals surface area (Å²) in [6.07, 6.45) is 3.91. The molecule has 3 rings (SSSR count). The number of nitrogens with zero attached hydrogens (tertiary/aromatic N) is 3. The highest BCUT2D eigenvalue weighted by Gasteiger charge is 2.17. The summed E-state index contributed by atoms with van der Waals surface area (Å²) >= 11 is 0. The molecule has 1 aliphatic rings. The van der Waals surface area contributed by atoms with E-state index in [1.807, 2.05) is 41.0 Å². The number of nitrogens with one attached hydrogen (secondary N) is 1. The van der Waals surface area contributed by atoms with Crippen molar-refractivity contribution in [1.29, 1.82) is 0 Å². The number of halogens is 1. The molecule has 0 aliphatic carbocycles. The van der Waals surface area contributed by atoms with Gasteiger partial charge in [0.05, 0.1) is 31.1 Å². The Morgan fingerprint density at radius 1 is 1.28 bits per heavy atom. The zero-order valence-corrected chi connectivity index (χ0v) is 15.2. The van der Waals surface area contributed by atoms with Gasteiger partial charge in [0, 0.05) is 31.9 Å². The van der Waals surface area contributed by atoms with Crippen molar-refractivity contribution in [2.24, 2.45) is 0 Å². The molecule has 1 aliphatic heterocycles. The Labute approximate surface area is 148 Å². The molecule has 1 N–H and O–H groups in total. The fraction of sp³-hybridized carbons (Fsp3) is 0.526. The second-order valence-electron chi connectivity index (χ2n) is 6.79. The third-order valence-electron chi connectivity index (χ3n) is 4.86. The van der Waals surface area contributed by atoms with Crippen molar-refractivity contribution in [3.63, 3.8) is 0 Å². The Morgan fingerprint density at radius 2 is 2.04 bits per heavy atom. The van der Waals surface area contributed by atoms with E-state index in [2.05, 4.69) is 24.3 Å². The first-order valence-electron chi connectivity index (χ1n) is 8.90. The summed E-state index contributed by atoms with van der Waals surface area (Å²) in [6.45, 7) is 9.72. The first-order chi connectivity index (χ1) is 12.0. The second kappa shape index (κ2) is 7.97. The summed E-state index contributed by atoms with van der Waals surface area (Å²) in [5, 5.41) is 7.84. The molecule has 1 saturated heterocycles. The van der Waals surface area contributed by atoms with Crippen molar-refractivity contribution in [3.8, 4) is 0 Å². The standard InChI is InChI=1S/C19H27FN4O/c1-14-11-22-24(13-14)16(3)15(2)21-12-17-4-5-19(18(20)10-17)23-6-8-25-9-7-23/h4-5,10-11,13,15-16,21H,6-9,12H2,1-3H3. The lowest BCUT2D eigenvalue weighted by Gasteiger charge is -2.29. The predicted octanol–water partition coefficient (Wildman–Crippen LogP) is 2.91. The van der Waals surface area contributed by atoms with Crippen LogP contribution < -0.4 is 10.2 Å². The first kappa shape index (κ1) is 17.9. The topological polar surface area (TPSA) is 42.3 Å². The van der Waals surface area contributed by atoms with Crippen LogP contribution in [0.25, 0.3) is 0 Å². The van der Waals surface area contributed by atoms with Gasteiger partial charge in [0.1, 0.15) is 5.82 Å². The Morgan fingerprint density at radius 3 is 2.68 bits per heavy atom. The molecular formula is C19H27FN4O. The number of morpholine rings is 1. The highest BCUT2D eigenvalue weighted by molar-refractivity contribution is 5.49. The molecule has 0 bridgehead atoms. The maximum absolute atomic E-state index is 14.5.